The van der Waals surface area contributed by atoms with Crippen molar-refractivity contribution in [1.82, 2.24) is 4.90 Å². The molecule has 1 amide bonds. The molecule has 0 saturated carbocycles. The first-order valence-corrected chi connectivity index (χ1v) is 8.50. The minimum atomic E-state index is -2.87. The molecule has 0 aromatic carbocycles. The summed E-state index contributed by atoms with van der Waals surface area (Å²) < 4.78 is 22.7. The molecule has 1 unspecified atom stereocenters. The first kappa shape index (κ1) is 13.8. The number of hydrogen-bond acceptors (Lipinski definition) is 4. The lowest BCUT2D eigenvalue weighted by atomic mass is 9.96. The van der Waals surface area contributed by atoms with E-state index in [4.69, 9.17) is 5.73 Å². The lowest BCUT2D eigenvalue weighted by molar-refractivity contribution is -0.133. The van der Waals surface area contributed by atoms with Crippen LogP contribution in [-0.4, -0.2) is 50.4 Å². The zero-order chi connectivity index (χ0) is 13.2. The van der Waals surface area contributed by atoms with Gasteiger partial charge in [-0.3, -0.25) is 4.79 Å². The van der Waals surface area contributed by atoms with Crippen LogP contribution in [-0.2, 0) is 14.6 Å². The van der Waals surface area contributed by atoms with Crippen molar-refractivity contribution in [3.05, 3.63) is 0 Å². The van der Waals surface area contributed by atoms with Crippen molar-refractivity contribution in [1.29, 1.82) is 0 Å². The Labute approximate surface area is 109 Å². The summed E-state index contributed by atoms with van der Waals surface area (Å²) in [6, 6.07) is 0. The van der Waals surface area contributed by atoms with E-state index in [1.165, 1.54) is 0 Å². The Hall–Kier alpha value is -0.620. The molecule has 0 bridgehead atoms. The third-order valence-corrected chi connectivity index (χ3v) is 5.93. The molecule has 5 nitrogen and oxygen atoms in total. The summed E-state index contributed by atoms with van der Waals surface area (Å²) in [7, 11) is -2.87. The molecular formula is C12H22N2O3S. The number of piperidine rings is 1. The van der Waals surface area contributed by atoms with Crippen molar-refractivity contribution in [2.24, 2.45) is 17.6 Å². The number of rotatable bonds is 3. The number of nitrogens with zero attached hydrogens (tertiary/aromatic N) is 1. The standard InChI is InChI=1S/C12H22N2O3S/c13-8-10-1-4-14(5-2-10)12(15)7-11-3-6-18(16,17)9-11/h10-11H,1-9,13H2. The highest BCUT2D eigenvalue weighted by atomic mass is 32.2. The lowest BCUT2D eigenvalue weighted by Gasteiger charge is -2.32. The molecule has 0 aromatic rings. The molecule has 104 valence electrons. The normalized spacial score (nSPS) is 28.5. The molecule has 0 spiro atoms. The van der Waals surface area contributed by atoms with E-state index in [1.807, 2.05) is 4.90 Å². The summed E-state index contributed by atoms with van der Waals surface area (Å²) in [5, 5.41) is 0. The van der Waals surface area contributed by atoms with Gasteiger partial charge >= 0.3 is 0 Å². The van der Waals surface area contributed by atoms with Gasteiger partial charge in [0.1, 0.15) is 0 Å². The Balaban J connectivity index is 1.79. The SMILES string of the molecule is NCC1CCN(C(=O)CC2CCS(=O)(=O)C2)CC1. The van der Waals surface area contributed by atoms with Crippen LogP contribution in [0.25, 0.3) is 0 Å². The number of carbonyl (C=O) groups excluding carboxylic acids is 1. The third-order valence-electron chi connectivity index (χ3n) is 4.09. The van der Waals surface area contributed by atoms with Crippen molar-refractivity contribution in [2.75, 3.05) is 31.1 Å². The van der Waals surface area contributed by atoms with Gasteiger partial charge in [0.15, 0.2) is 9.84 Å². The summed E-state index contributed by atoms with van der Waals surface area (Å²) in [5.74, 6) is 1.14. The Bertz CT molecular complexity index is 400. The third kappa shape index (κ3) is 3.45. The second-order valence-electron chi connectivity index (χ2n) is 5.53. The van der Waals surface area contributed by atoms with E-state index in [9.17, 15) is 13.2 Å². The predicted molar refractivity (Wildman–Crippen MR) is 69.7 cm³/mol. The van der Waals surface area contributed by atoms with Crippen LogP contribution in [0.3, 0.4) is 0 Å². The van der Waals surface area contributed by atoms with Crippen LogP contribution < -0.4 is 5.73 Å². The van der Waals surface area contributed by atoms with Crippen molar-refractivity contribution >= 4 is 15.7 Å². The Morgan fingerprint density at radius 2 is 1.83 bits per heavy atom. The van der Waals surface area contributed by atoms with Gasteiger partial charge in [-0.25, -0.2) is 8.42 Å². The molecule has 0 aromatic heterocycles. The summed E-state index contributed by atoms with van der Waals surface area (Å²) >= 11 is 0. The summed E-state index contributed by atoms with van der Waals surface area (Å²) in [5.41, 5.74) is 5.62. The van der Waals surface area contributed by atoms with Gasteiger partial charge in [-0.2, -0.15) is 0 Å². The van der Waals surface area contributed by atoms with Crippen molar-refractivity contribution in [3.63, 3.8) is 0 Å². The Morgan fingerprint density at radius 1 is 1.17 bits per heavy atom. The minimum absolute atomic E-state index is 0.0368. The first-order valence-electron chi connectivity index (χ1n) is 6.68. The highest BCUT2D eigenvalue weighted by Gasteiger charge is 2.31. The minimum Gasteiger partial charge on any atom is -0.343 e. The molecular weight excluding hydrogens is 252 g/mol. The zero-order valence-corrected chi connectivity index (χ0v) is 11.5. The number of sulfone groups is 1. The summed E-state index contributed by atoms with van der Waals surface area (Å²) in [4.78, 5) is 13.9. The Kier molecular flexibility index (Phi) is 4.27. The Morgan fingerprint density at radius 3 is 2.33 bits per heavy atom. The fraction of sp³-hybridized carbons (Fsp3) is 0.917. The van der Waals surface area contributed by atoms with E-state index in [0.717, 1.165) is 25.9 Å². The molecule has 2 heterocycles. The lowest BCUT2D eigenvalue weighted by Crippen LogP contribution is -2.40. The summed E-state index contributed by atoms with van der Waals surface area (Å²) in [6.45, 7) is 2.25. The second-order valence-corrected chi connectivity index (χ2v) is 7.76. The van der Waals surface area contributed by atoms with Crippen LogP contribution in [0.4, 0.5) is 0 Å². The van der Waals surface area contributed by atoms with E-state index in [0.29, 0.717) is 25.3 Å². The van der Waals surface area contributed by atoms with Crippen molar-refractivity contribution in [3.8, 4) is 0 Å². The first-order chi connectivity index (χ1) is 8.50. The molecule has 0 radical (unpaired) electrons. The number of hydrogen-bond donors (Lipinski definition) is 1. The molecule has 2 aliphatic heterocycles. The van der Waals surface area contributed by atoms with Crippen LogP contribution in [0.15, 0.2) is 0 Å². The van der Waals surface area contributed by atoms with Gasteiger partial charge in [-0.05, 0) is 37.6 Å². The van der Waals surface area contributed by atoms with Gasteiger partial charge in [0, 0.05) is 19.5 Å². The van der Waals surface area contributed by atoms with Gasteiger partial charge in [0.2, 0.25) is 5.91 Å². The monoisotopic (exact) mass is 274 g/mol. The van der Waals surface area contributed by atoms with Crippen molar-refractivity contribution < 1.29 is 13.2 Å². The zero-order valence-electron chi connectivity index (χ0n) is 10.7. The average molecular weight is 274 g/mol. The quantitative estimate of drug-likeness (QED) is 0.786. The topological polar surface area (TPSA) is 80.5 Å². The van der Waals surface area contributed by atoms with Crippen LogP contribution in [0.5, 0.6) is 0 Å². The second kappa shape index (κ2) is 5.57. The summed E-state index contributed by atoms with van der Waals surface area (Å²) in [6.07, 6.45) is 3.00. The molecule has 2 N–H and O–H groups in total. The molecule has 0 aliphatic carbocycles. The van der Waals surface area contributed by atoms with Gasteiger partial charge < -0.3 is 10.6 Å². The molecule has 2 rings (SSSR count). The van der Waals surface area contributed by atoms with E-state index < -0.39 is 9.84 Å². The number of likely N-dealkylation sites (tertiary alicyclic amines) is 1. The highest BCUT2D eigenvalue weighted by molar-refractivity contribution is 7.91. The van der Waals surface area contributed by atoms with E-state index in [-0.39, 0.29) is 23.3 Å². The molecule has 2 aliphatic rings. The maximum atomic E-state index is 12.1. The number of nitrogens with two attached hydrogens (primary N) is 1. The van der Waals surface area contributed by atoms with E-state index >= 15 is 0 Å². The highest BCUT2D eigenvalue weighted by Crippen LogP contribution is 2.24. The predicted octanol–water partition coefficient (Wildman–Crippen LogP) is 0.00850. The van der Waals surface area contributed by atoms with Crippen LogP contribution in [0.1, 0.15) is 25.7 Å². The molecule has 1 atom stereocenters. The molecule has 18 heavy (non-hydrogen) atoms. The van der Waals surface area contributed by atoms with Gasteiger partial charge in [0.25, 0.3) is 0 Å². The van der Waals surface area contributed by atoms with Crippen LogP contribution >= 0.6 is 0 Å². The fourth-order valence-corrected chi connectivity index (χ4v) is 4.69. The van der Waals surface area contributed by atoms with E-state index in [1.54, 1.807) is 0 Å². The molecule has 2 fully saturated rings. The number of carbonyl (C=O) groups is 1. The largest absolute Gasteiger partial charge is 0.343 e. The van der Waals surface area contributed by atoms with Crippen molar-refractivity contribution in [2.45, 2.75) is 25.7 Å². The van der Waals surface area contributed by atoms with Gasteiger partial charge in [0.05, 0.1) is 11.5 Å². The maximum Gasteiger partial charge on any atom is 0.222 e. The smallest absolute Gasteiger partial charge is 0.222 e. The van der Waals surface area contributed by atoms with Gasteiger partial charge in [-0.1, -0.05) is 0 Å². The van der Waals surface area contributed by atoms with Crippen LogP contribution in [0, 0.1) is 11.8 Å². The fourth-order valence-electron chi connectivity index (χ4n) is 2.83. The molecule has 6 heteroatoms. The van der Waals surface area contributed by atoms with Gasteiger partial charge in [-0.15, -0.1) is 0 Å². The average Bonchev–Trinajstić information content (AvgIpc) is 2.68. The maximum absolute atomic E-state index is 12.1. The van der Waals surface area contributed by atoms with Crippen LogP contribution in [0.2, 0.25) is 0 Å². The molecule has 2 saturated heterocycles. The van der Waals surface area contributed by atoms with E-state index in [2.05, 4.69) is 0 Å². The number of amides is 1.